The van der Waals surface area contributed by atoms with Crippen LogP contribution in [0.1, 0.15) is 21.8 Å². The molecule has 2 aromatic carbocycles. The zero-order chi connectivity index (χ0) is 15.5. The van der Waals surface area contributed by atoms with E-state index in [2.05, 4.69) is 5.16 Å². The number of nitrogens with zero attached hydrogens (tertiary/aromatic N) is 1. The Morgan fingerprint density at radius 1 is 1.18 bits per heavy atom. The zero-order valence-electron chi connectivity index (χ0n) is 12.3. The third kappa shape index (κ3) is 2.65. The molecule has 0 amide bonds. The van der Waals surface area contributed by atoms with Gasteiger partial charge in [0.05, 0.1) is 18.4 Å². The third-order valence-corrected chi connectivity index (χ3v) is 3.35. The van der Waals surface area contributed by atoms with Crippen molar-refractivity contribution in [2.24, 2.45) is 0 Å². The first-order chi connectivity index (χ1) is 10.7. The zero-order valence-corrected chi connectivity index (χ0v) is 12.3. The maximum Gasteiger partial charge on any atom is 0.339 e. The molecule has 0 aliphatic carbocycles. The van der Waals surface area contributed by atoms with Gasteiger partial charge >= 0.3 is 5.97 Å². The van der Waals surface area contributed by atoms with Crippen LogP contribution >= 0.6 is 0 Å². The van der Waals surface area contributed by atoms with Gasteiger partial charge in [-0.2, -0.15) is 0 Å². The number of ether oxygens (including phenoxy) is 2. The Bertz CT molecular complexity index is 822. The number of aryl methyl sites for hydroxylation is 1. The van der Waals surface area contributed by atoms with Crippen LogP contribution in [-0.2, 0) is 11.3 Å². The van der Waals surface area contributed by atoms with Crippen molar-refractivity contribution < 1.29 is 18.8 Å². The van der Waals surface area contributed by atoms with Crippen LogP contribution in [0.25, 0.3) is 10.8 Å². The Kier molecular flexibility index (Phi) is 3.78. The molecule has 0 radical (unpaired) electrons. The molecule has 3 rings (SSSR count). The Morgan fingerprint density at radius 3 is 2.64 bits per heavy atom. The van der Waals surface area contributed by atoms with E-state index in [9.17, 15) is 4.79 Å². The monoisotopic (exact) mass is 297 g/mol. The van der Waals surface area contributed by atoms with Crippen LogP contribution in [0.15, 0.2) is 47.0 Å². The van der Waals surface area contributed by atoms with E-state index in [1.807, 2.05) is 31.2 Å². The minimum absolute atomic E-state index is 0.0556. The summed E-state index contributed by atoms with van der Waals surface area (Å²) in [5.74, 6) is 0.828. The summed E-state index contributed by atoms with van der Waals surface area (Å²) < 4.78 is 15.6. The molecule has 0 atom stereocenters. The van der Waals surface area contributed by atoms with Crippen LogP contribution in [0.4, 0.5) is 0 Å². The average Bonchev–Trinajstić information content (AvgIpc) is 2.97. The van der Waals surface area contributed by atoms with Crippen molar-refractivity contribution in [1.29, 1.82) is 0 Å². The molecule has 0 N–H and O–H groups in total. The molecule has 0 fully saturated rings. The quantitative estimate of drug-likeness (QED) is 0.690. The molecular formula is C17H15NO4. The molecule has 0 bridgehead atoms. The molecule has 0 unspecified atom stereocenters. The summed E-state index contributed by atoms with van der Waals surface area (Å²) in [6.45, 7) is 1.87. The highest BCUT2D eigenvalue weighted by Gasteiger charge is 2.14. The lowest BCUT2D eigenvalue weighted by molar-refractivity contribution is 0.0439. The number of aromatic nitrogens is 1. The van der Waals surface area contributed by atoms with Crippen molar-refractivity contribution in [1.82, 2.24) is 5.16 Å². The molecule has 0 spiro atoms. The number of carbonyl (C=O) groups is 1. The van der Waals surface area contributed by atoms with Crippen LogP contribution in [-0.4, -0.2) is 18.2 Å². The molecule has 22 heavy (non-hydrogen) atoms. The second kappa shape index (κ2) is 5.89. The summed E-state index contributed by atoms with van der Waals surface area (Å²) in [7, 11) is 1.60. The SMILES string of the molecule is COc1ccc(C(=O)OCc2cc(C)no2)c2ccccc12. The lowest BCUT2D eigenvalue weighted by atomic mass is 10.0. The Balaban J connectivity index is 1.88. The third-order valence-electron chi connectivity index (χ3n) is 3.35. The Morgan fingerprint density at radius 2 is 1.95 bits per heavy atom. The molecule has 0 aliphatic rings. The normalized spacial score (nSPS) is 10.6. The number of methoxy groups -OCH3 is 1. The van der Waals surface area contributed by atoms with E-state index >= 15 is 0 Å². The van der Waals surface area contributed by atoms with E-state index in [1.54, 1.807) is 25.3 Å². The van der Waals surface area contributed by atoms with Crippen molar-refractivity contribution in [3.05, 3.63) is 59.5 Å². The first kappa shape index (κ1) is 14.1. The topological polar surface area (TPSA) is 61.6 Å². The van der Waals surface area contributed by atoms with Crippen LogP contribution in [0.2, 0.25) is 0 Å². The van der Waals surface area contributed by atoms with Crippen molar-refractivity contribution in [2.75, 3.05) is 7.11 Å². The number of fused-ring (bicyclic) bond motifs is 1. The highest BCUT2D eigenvalue weighted by atomic mass is 16.5. The minimum Gasteiger partial charge on any atom is -0.496 e. The van der Waals surface area contributed by atoms with E-state index in [1.165, 1.54) is 0 Å². The second-order valence-electron chi connectivity index (χ2n) is 4.87. The van der Waals surface area contributed by atoms with Gasteiger partial charge in [-0.1, -0.05) is 29.4 Å². The highest BCUT2D eigenvalue weighted by molar-refractivity contribution is 6.06. The summed E-state index contributed by atoms with van der Waals surface area (Å²) >= 11 is 0. The van der Waals surface area contributed by atoms with Crippen molar-refractivity contribution >= 4 is 16.7 Å². The molecule has 5 nitrogen and oxygen atoms in total. The van der Waals surface area contributed by atoms with E-state index in [0.717, 1.165) is 22.2 Å². The second-order valence-corrected chi connectivity index (χ2v) is 4.87. The fraction of sp³-hybridized carbons (Fsp3) is 0.176. The lowest BCUT2D eigenvalue weighted by Gasteiger charge is -2.09. The molecule has 0 aliphatic heterocycles. The molecule has 0 saturated carbocycles. The molecule has 1 heterocycles. The van der Waals surface area contributed by atoms with Crippen molar-refractivity contribution in [3.63, 3.8) is 0 Å². The number of benzene rings is 2. The first-order valence-corrected chi connectivity index (χ1v) is 6.84. The number of hydrogen-bond acceptors (Lipinski definition) is 5. The molecule has 0 saturated heterocycles. The van der Waals surface area contributed by atoms with Gasteiger partial charge in [0.25, 0.3) is 0 Å². The smallest absolute Gasteiger partial charge is 0.339 e. The largest absolute Gasteiger partial charge is 0.496 e. The van der Waals surface area contributed by atoms with Crippen LogP contribution in [0.5, 0.6) is 5.75 Å². The number of esters is 1. The van der Waals surface area contributed by atoms with Gasteiger partial charge in [-0.25, -0.2) is 4.79 Å². The van der Waals surface area contributed by atoms with Crippen LogP contribution < -0.4 is 4.74 Å². The van der Waals surface area contributed by atoms with Gasteiger partial charge in [0.1, 0.15) is 5.75 Å². The lowest BCUT2D eigenvalue weighted by Crippen LogP contribution is -2.06. The van der Waals surface area contributed by atoms with Gasteiger partial charge in [-0.3, -0.25) is 0 Å². The standard InChI is InChI=1S/C17H15NO4/c1-11-9-12(22-18-11)10-21-17(19)15-7-8-16(20-2)14-6-4-3-5-13(14)15/h3-9H,10H2,1-2H3. The van der Waals surface area contributed by atoms with Gasteiger partial charge in [0, 0.05) is 11.5 Å². The van der Waals surface area contributed by atoms with Gasteiger partial charge in [-0.15, -0.1) is 0 Å². The Hall–Kier alpha value is -2.82. The fourth-order valence-corrected chi connectivity index (χ4v) is 2.33. The number of hydrogen-bond donors (Lipinski definition) is 0. The van der Waals surface area contributed by atoms with E-state index in [0.29, 0.717) is 11.3 Å². The summed E-state index contributed by atoms with van der Waals surface area (Å²) in [5.41, 5.74) is 1.24. The summed E-state index contributed by atoms with van der Waals surface area (Å²) in [4.78, 5) is 12.3. The average molecular weight is 297 g/mol. The molecule has 5 heteroatoms. The highest BCUT2D eigenvalue weighted by Crippen LogP contribution is 2.28. The number of carbonyl (C=O) groups excluding carboxylic acids is 1. The van der Waals surface area contributed by atoms with E-state index in [-0.39, 0.29) is 6.61 Å². The van der Waals surface area contributed by atoms with Crippen molar-refractivity contribution in [2.45, 2.75) is 13.5 Å². The maximum absolute atomic E-state index is 12.3. The molecule has 3 aromatic rings. The van der Waals surface area contributed by atoms with Crippen LogP contribution in [0.3, 0.4) is 0 Å². The summed E-state index contributed by atoms with van der Waals surface area (Å²) in [5, 5.41) is 5.42. The maximum atomic E-state index is 12.3. The van der Waals surface area contributed by atoms with E-state index in [4.69, 9.17) is 14.0 Å². The minimum atomic E-state index is -0.409. The predicted octanol–water partition coefficient (Wildman–Crippen LogP) is 3.50. The predicted molar refractivity (Wildman–Crippen MR) is 80.9 cm³/mol. The number of rotatable bonds is 4. The summed E-state index contributed by atoms with van der Waals surface area (Å²) in [6, 6.07) is 12.7. The fourth-order valence-electron chi connectivity index (χ4n) is 2.33. The summed E-state index contributed by atoms with van der Waals surface area (Å²) in [6.07, 6.45) is 0. The van der Waals surface area contributed by atoms with Crippen LogP contribution in [0, 0.1) is 6.92 Å². The molecule has 112 valence electrons. The van der Waals surface area contributed by atoms with Gasteiger partial charge in [-0.05, 0) is 24.4 Å². The molecular weight excluding hydrogens is 282 g/mol. The van der Waals surface area contributed by atoms with Gasteiger partial charge in [0.2, 0.25) is 0 Å². The van der Waals surface area contributed by atoms with Crippen molar-refractivity contribution in [3.8, 4) is 5.75 Å². The van der Waals surface area contributed by atoms with Gasteiger partial charge in [0.15, 0.2) is 12.4 Å². The first-order valence-electron chi connectivity index (χ1n) is 6.84. The van der Waals surface area contributed by atoms with Gasteiger partial charge < -0.3 is 14.0 Å². The van der Waals surface area contributed by atoms with E-state index < -0.39 is 5.97 Å². The Labute approximate surface area is 127 Å². The molecule has 1 aromatic heterocycles.